The summed E-state index contributed by atoms with van der Waals surface area (Å²) in [5, 5.41) is 0.675. The van der Waals surface area contributed by atoms with Gasteiger partial charge in [-0.1, -0.05) is 65.2 Å². The number of aryl methyl sites for hydroxylation is 2. The quantitative estimate of drug-likeness (QED) is 0.468. The number of hydrogen-bond donors (Lipinski definition) is 0. The van der Waals surface area contributed by atoms with Gasteiger partial charge in [0.2, 0.25) is 15.9 Å². The van der Waals surface area contributed by atoms with Crippen LogP contribution in [0.25, 0.3) is 0 Å². The van der Waals surface area contributed by atoms with E-state index in [0.717, 1.165) is 22.4 Å². The van der Waals surface area contributed by atoms with Gasteiger partial charge in [0, 0.05) is 43.4 Å². The third-order valence-electron chi connectivity index (χ3n) is 6.22. The van der Waals surface area contributed by atoms with Gasteiger partial charge in [0.1, 0.15) is 0 Å². The van der Waals surface area contributed by atoms with Gasteiger partial charge in [-0.2, -0.15) is 4.31 Å². The molecule has 6 nitrogen and oxygen atoms in total. The predicted molar refractivity (Wildman–Crippen MR) is 140 cm³/mol. The van der Waals surface area contributed by atoms with Crippen molar-refractivity contribution in [2.45, 2.75) is 25.3 Å². The average molecular weight is 512 g/mol. The van der Waals surface area contributed by atoms with Crippen LogP contribution in [0.3, 0.4) is 0 Å². The number of nitrogens with zero attached hydrogens (tertiary/aromatic N) is 3. The van der Waals surface area contributed by atoms with E-state index in [-0.39, 0.29) is 23.9 Å². The molecule has 3 aromatic carbocycles. The molecule has 4 rings (SSSR count). The molecule has 1 amide bonds. The zero-order valence-electron chi connectivity index (χ0n) is 20.0. The van der Waals surface area contributed by atoms with Crippen LogP contribution < -0.4 is 4.90 Å². The van der Waals surface area contributed by atoms with Gasteiger partial charge in [-0.25, -0.2) is 8.42 Å². The maximum absolute atomic E-state index is 13.6. The van der Waals surface area contributed by atoms with Crippen LogP contribution in [-0.2, 0) is 21.4 Å². The van der Waals surface area contributed by atoms with Crippen molar-refractivity contribution in [1.29, 1.82) is 0 Å². The van der Waals surface area contributed by atoms with E-state index in [2.05, 4.69) is 4.90 Å². The number of rotatable bonds is 7. The number of amides is 1. The van der Waals surface area contributed by atoms with Crippen LogP contribution >= 0.6 is 11.6 Å². The van der Waals surface area contributed by atoms with Crippen molar-refractivity contribution in [2.24, 2.45) is 0 Å². The first-order valence-electron chi connectivity index (χ1n) is 11.6. The van der Waals surface area contributed by atoms with E-state index >= 15 is 0 Å². The molecule has 3 aromatic rings. The van der Waals surface area contributed by atoms with Crippen LogP contribution in [0.15, 0.2) is 77.7 Å². The Balaban J connectivity index is 1.50. The third kappa shape index (κ3) is 6.23. The van der Waals surface area contributed by atoms with Gasteiger partial charge in [-0.05, 0) is 49.7 Å². The molecular formula is C27H30ClN3O3S. The van der Waals surface area contributed by atoms with E-state index in [1.54, 1.807) is 29.2 Å². The van der Waals surface area contributed by atoms with E-state index in [4.69, 9.17) is 11.6 Å². The van der Waals surface area contributed by atoms with E-state index in [0.29, 0.717) is 31.2 Å². The Labute approximate surface area is 212 Å². The molecule has 0 N–H and O–H groups in total. The fraction of sp³-hybridized carbons (Fsp3) is 0.296. The first kappa shape index (κ1) is 25.2. The molecule has 0 saturated carbocycles. The predicted octanol–water partition coefficient (Wildman–Crippen LogP) is 4.50. The highest BCUT2D eigenvalue weighted by Crippen LogP contribution is 2.22. The fourth-order valence-electron chi connectivity index (χ4n) is 4.24. The molecule has 0 aromatic heterocycles. The molecule has 0 atom stereocenters. The minimum atomic E-state index is -3.86. The van der Waals surface area contributed by atoms with Crippen LogP contribution in [0, 0.1) is 13.8 Å². The van der Waals surface area contributed by atoms with Crippen molar-refractivity contribution in [2.75, 3.05) is 37.6 Å². The highest BCUT2D eigenvalue weighted by molar-refractivity contribution is 7.89. The van der Waals surface area contributed by atoms with Crippen LogP contribution in [-0.4, -0.2) is 56.3 Å². The minimum Gasteiger partial charge on any atom is -0.368 e. The minimum absolute atomic E-state index is 0.131. The highest BCUT2D eigenvalue weighted by Gasteiger charge is 2.30. The molecule has 1 fully saturated rings. The van der Waals surface area contributed by atoms with Crippen molar-refractivity contribution in [1.82, 2.24) is 9.21 Å². The monoisotopic (exact) mass is 511 g/mol. The Bertz CT molecular complexity index is 1290. The lowest BCUT2D eigenvalue weighted by Gasteiger charge is -2.37. The summed E-state index contributed by atoms with van der Waals surface area (Å²) in [5.41, 5.74) is 3.88. The first-order valence-corrected chi connectivity index (χ1v) is 13.4. The molecule has 0 bridgehead atoms. The number of sulfonamides is 1. The number of anilines is 1. The van der Waals surface area contributed by atoms with E-state index in [1.165, 1.54) is 4.31 Å². The van der Waals surface area contributed by atoms with Crippen LogP contribution in [0.5, 0.6) is 0 Å². The second-order valence-electron chi connectivity index (χ2n) is 8.92. The second kappa shape index (κ2) is 10.8. The van der Waals surface area contributed by atoms with Crippen molar-refractivity contribution < 1.29 is 13.2 Å². The fourth-order valence-corrected chi connectivity index (χ4v) is 5.80. The van der Waals surface area contributed by atoms with Crippen molar-refractivity contribution in [3.05, 3.63) is 94.5 Å². The zero-order valence-corrected chi connectivity index (χ0v) is 21.6. The van der Waals surface area contributed by atoms with Crippen LogP contribution in [0.2, 0.25) is 5.02 Å². The van der Waals surface area contributed by atoms with Crippen LogP contribution in [0.4, 0.5) is 5.69 Å². The summed E-state index contributed by atoms with van der Waals surface area (Å²) in [7, 11) is -3.86. The van der Waals surface area contributed by atoms with Crippen molar-refractivity contribution >= 4 is 33.2 Å². The Morgan fingerprint density at radius 2 is 1.57 bits per heavy atom. The molecule has 1 heterocycles. The zero-order chi connectivity index (χ0) is 25.0. The lowest BCUT2D eigenvalue weighted by molar-refractivity contribution is -0.131. The standard InChI is InChI=1S/C27H30ClN3O3S/c1-21-9-11-26(12-10-21)35(33,34)31(19-23-6-3-5-22(2)17-23)20-27(32)30-15-13-29(14-16-30)25-8-4-7-24(28)18-25/h3-12,17-18H,13-16,19-20H2,1-2H3. The molecule has 184 valence electrons. The van der Waals surface area contributed by atoms with Gasteiger partial charge in [-0.3, -0.25) is 4.79 Å². The lowest BCUT2D eigenvalue weighted by Crippen LogP contribution is -2.51. The lowest BCUT2D eigenvalue weighted by atomic mass is 10.1. The normalized spacial score (nSPS) is 14.4. The average Bonchev–Trinajstić information content (AvgIpc) is 2.84. The summed E-state index contributed by atoms with van der Waals surface area (Å²) in [5.74, 6) is -0.195. The summed E-state index contributed by atoms with van der Waals surface area (Å²) >= 11 is 6.12. The number of benzene rings is 3. The Kier molecular flexibility index (Phi) is 7.79. The second-order valence-corrected chi connectivity index (χ2v) is 11.3. The molecular weight excluding hydrogens is 482 g/mol. The maximum Gasteiger partial charge on any atom is 0.243 e. The van der Waals surface area contributed by atoms with Gasteiger partial charge in [0.05, 0.1) is 11.4 Å². The molecule has 0 spiro atoms. The summed E-state index contributed by atoms with van der Waals surface area (Å²) < 4.78 is 28.4. The van der Waals surface area contributed by atoms with E-state index < -0.39 is 10.0 Å². The molecule has 35 heavy (non-hydrogen) atoms. The van der Waals surface area contributed by atoms with Crippen molar-refractivity contribution in [3.63, 3.8) is 0 Å². The van der Waals surface area contributed by atoms with Crippen LogP contribution in [0.1, 0.15) is 16.7 Å². The molecule has 0 unspecified atom stereocenters. The van der Waals surface area contributed by atoms with Gasteiger partial charge < -0.3 is 9.80 Å². The van der Waals surface area contributed by atoms with E-state index in [1.807, 2.05) is 62.4 Å². The Morgan fingerprint density at radius 1 is 0.886 bits per heavy atom. The number of halogens is 1. The largest absolute Gasteiger partial charge is 0.368 e. The number of carbonyl (C=O) groups excluding carboxylic acids is 1. The number of piperazine rings is 1. The molecule has 1 saturated heterocycles. The SMILES string of the molecule is Cc1ccc(S(=O)(=O)N(CC(=O)N2CCN(c3cccc(Cl)c3)CC2)Cc2cccc(C)c2)cc1. The maximum atomic E-state index is 13.6. The van der Waals surface area contributed by atoms with Gasteiger partial charge in [0.25, 0.3) is 0 Å². The molecule has 8 heteroatoms. The van der Waals surface area contributed by atoms with Gasteiger partial charge in [0.15, 0.2) is 0 Å². The smallest absolute Gasteiger partial charge is 0.243 e. The first-order chi connectivity index (χ1) is 16.7. The summed E-state index contributed by atoms with van der Waals surface area (Å²) in [6.07, 6.45) is 0. The summed E-state index contributed by atoms with van der Waals surface area (Å²) in [4.78, 5) is 17.4. The summed E-state index contributed by atoms with van der Waals surface area (Å²) in [6, 6.07) is 22.1. The Morgan fingerprint density at radius 3 is 2.23 bits per heavy atom. The third-order valence-corrected chi connectivity index (χ3v) is 8.26. The molecule has 0 aliphatic carbocycles. The van der Waals surface area contributed by atoms with Gasteiger partial charge in [-0.15, -0.1) is 0 Å². The summed E-state index contributed by atoms with van der Waals surface area (Å²) in [6.45, 7) is 6.17. The van der Waals surface area contributed by atoms with Crippen molar-refractivity contribution in [3.8, 4) is 0 Å². The molecule has 1 aliphatic rings. The molecule has 0 radical (unpaired) electrons. The van der Waals surface area contributed by atoms with Gasteiger partial charge >= 0.3 is 0 Å². The number of carbonyl (C=O) groups is 1. The Hall–Kier alpha value is -2.87. The highest BCUT2D eigenvalue weighted by atomic mass is 35.5. The van der Waals surface area contributed by atoms with E-state index in [9.17, 15) is 13.2 Å². The molecule has 1 aliphatic heterocycles. The topological polar surface area (TPSA) is 60.9 Å². The number of hydrogen-bond acceptors (Lipinski definition) is 4.